The average molecular weight is 715 g/mol. The number of carbonyl (C=O) groups is 6. The maximum atomic E-state index is 14.8. The number of ketones is 2. The molecule has 2 aromatic carbocycles. The molecule has 0 bridgehead atoms. The first kappa shape index (κ1) is 39.5. The minimum atomic E-state index is -1.99. The Kier molecular flexibility index (Phi) is 12.1. The van der Waals surface area contributed by atoms with Crippen molar-refractivity contribution in [3.8, 4) is 0 Å². The fourth-order valence-electron chi connectivity index (χ4n) is 7.04. The lowest BCUT2D eigenvalue weighted by atomic mass is 9.72. The molecule has 2 aliphatic rings. The number of ether oxygens (including phenoxy) is 5. The summed E-state index contributed by atoms with van der Waals surface area (Å²) in [4.78, 5) is 81.4. The molecule has 52 heavy (non-hydrogen) atoms. The van der Waals surface area contributed by atoms with Crippen LogP contribution in [0, 0.1) is 23.2 Å². The largest absolute Gasteiger partial charge is 0.485 e. The number of carbonyl (C=O) groups excluding carboxylic acids is 6. The van der Waals surface area contributed by atoms with Gasteiger partial charge in [0.05, 0.1) is 11.5 Å². The van der Waals surface area contributed by atoms with Crippen LogP contribution >= 0.6 is 0 Å². The quantitative estimate of drug-likeness (QED) is 0.137. The van der Waals surface area contributed by atoms with E-state index in [4.69, 9.17) is 23.7 Å². The van der Waals surface area contributed by atoms with E-state index in [1.807, 2.05) is 0 Å². The van der Waals surface area contributed by atoms with Gasteiger partial charge in [-0.1, -0.05) is 87.7 Å². The van der Waals surface area contributed by atoms with E-state index < -0.39 is 88.6 Å². The summed E-state index contributed by atoms with van der Waals surface area (Å²) in [5.41, 5.74) is -2.89. The Morgan fingerprint density at radius 3 is 1.81 bits per heavy atom. The van der Waals surface area contributed by atoms with Gasteiger partial charge in [-0.15, -0.1) is 0 Å². The van der Waals surface area contributed by atoms with E-state index in [1.165, 1.54) is 31.2 Å². The SMILES string of the molecule is C=C(OC1C(=C)C(OC(=O)c2ccccc2)C(OC(C)=O)C(=O)C(C)(C)C=CC(C)C(=O)C2(OC(C)=O)CC(C)C(OC(C)=O)C12)c1ccccc1. The first-order chi connectivity index (χ1) is 24.4. The normalized spacial score (nSPS) is 28.7. The van der Waals surface area contributed by atoms with Crippen LogP contribution in [0.4, 0.5) is 0 Å². The molecule has 8 unspecified atom stereocenters. The summed E-state index contributed by atoms with van der Waals surface area (Å²) in [6, 6.07) is 16.7. The first-order valence-electron chi connectivity index (χ1n) is 17.1. The summed E-state index contributed by atoms with van der Waals surface area (Å²) < 4.78 is 30.3. The van der Waals surface area contributed by atoms with Crippen molar-refractivity contribution in [2.75, 3.05) is 0 Å². The smallest absolute Gasteiger partial charge is 0.338 e. The lowest BCUT2D eigenvalue weighted by Gasteiger charge is -2.43. The van der Waals surface area contributed by atoms with Gasteiger partial charge in [0.25, 0.3) is 0 Å². The van der Waals surface area contributed by atoms with Crippen molar-refractivity contribution in [1.29, 1.82) is 0 Å². The molecule has 0 aliphatic heterocycles. The van der Waals surface area contributed by atoms with Crippen LogP contribution in [0.2, 0.25) is 0 Å². The third-order valence-corrected chi connectivity index (χ3v) is 9.47. The van der Waals surface area contributed by atoms with Crippen molar-refractivity contribution in [1.82, 2.24) is 0 Å². The van der Waals surface area contributed by atoms with Crippen LogP contribution in [0.1, 0.15) is 70.8 Å². The van der Waals surface area contributed by atoms with Crippen LogP contribution in [0.3, 0.4) is 0 Å². The summed E-state index contributed by atoms with van der Waals surface area (Å²) in [5.74, 6) is -7.22. The Morgan fingerprint density at radius 2 is 1.27 bits per heavy atom. The predicted octanol–water partition coefficient (Wildman–Crippen LogP) is 6.02. The molecule has 0 N–H and O–H groups in total. The molecule has 4 rings (SSSR count). The topological polar surface area (TPSA) is 149 Å². The fraction of sp³-hybridized carbons (Fsp3) is 0.415. The monoisotopic (exact) mass is 714 g/mol. The van der Waals surface area contributed by atoms with Gasteiger partial charge in [0.1, 0.15) is 18.0 Å². The van der Waals surface area contributed by atoms with Crippen molar-refractivity contribution < 1.29 is 52.5 Å². The molecule has 1 saturated carbocycles. The molecule has 0 heterocycles. The van der Waals surface area contributed by atoms with E-state index in [9.17, 15) is 28.8 Å². The van der Waals surface area contributed by atoms with Gasteiger partial charge in [-0.05, 0) is 31.9 Å². The second-order valence-corrected chi connectivity index (χ2v) is 14.0. The molecule has 0 aromatic heterocycles. The van der Waals surface area contributed by atoms with Crippen LogP contribution in [-0.4, -0.2) is 65.5 Å². The highest BCUT2D eigenvalue weighted by Gasteiger charge is 2.65. The third-order valence-electron chi connectivity index (χ3n) is 9.47. The number of allylic oxidation sites excluding steroid dienone is 2. The van der Waals surface area contributed by atoms with Crippen LogP contribution in [0.15, 0.2) is 91.5 Å². The summed E-state index contributed by atoms with van der Waals surface area (Å²) >= 11 is 0. The van der Waals surface area contributed by atoms with E-state index in [1.54, 1.807) is 76.2 Å². The van der Waals surface area contributed by atoms with Crippen LogP contribution in [-0.2, 0) is 47.7 Å². The van der Waals surface area contributed by atoms with E-state index in [-0.39, 0.29) is 23.3 Å². The highest BCUT2D eigenvalue weighted by molar-refractivity contribution is 5.96. The molecule has 8 atom stereocenters. The molecule has 0 radical (unpaired) electrons. The number of esters is 4. The molecule has 2 aliphatic carbocycles. The summed E-state index contributed by atoms with van der Waals surface area (Å²) in [6.45, 7) is 18.4. The standard InChI is InChI=1S/C41H46O11/c1-23-20-21-40(8,9)38(46)36(50-28(6)43)35(51-39(47)31-18-14-11-15-19-31)25(3)34(48-26(4)30-16-12-10-13-17-30)32-33(49-27(5)42)24(2)22-41(32,37(23)45)52-29(7)44/h10-21,23-24,32-36H,3-4,22H2,1-2,5-9H3. The van der Waals surface area contributed by atoms with E-state index in [0.29, 0.717) is 5.56 Å². The van der Waals surface area contributed by atoms with Crippen molar-refractivity contribution in [2.24, 2.45) is 23.2 Å². The molecule has 0 saturated heterocycles. The fourth-order valence-corrected chi connectivity index (χ4v) is 7.04. The average Bonchev–Trinajstić information content (AvgIpc) is 3.36. The summed E-state index contributed by atoms with van der Waals surface area (Å²) in [5, 5.41) is 0. The zero-order chi connectivity index (χ0) is 38.5. The van der Waals surface area contributed by atoms with E-state index >= 15 is 0 Å². The number of hydrogen-bond donors (Lipinski definition) is 0. The molecule has 276 valence electrons. The lowest BCUT2D eigenvalue weighted by Crippen LogP contribution is -2.58. The van der Waals surface area contributed by atoms with Gasteiger partial charge in [-0.2, -0.15) is 0 Å². The van der Waals surface area contributed by atoms with Gasteiger partial charge in [0.15, 0.2) is 23.3 Å². The molecular weight excluding hydrogens is 668 g/mol. The Labute approximate surface area is 304 Å². The van der Waals surface area contributed by atoms with Crippen LogP contribution < -0.4 is 0 Å². The Morgan fingerprint density at radius 1 is 0.712 bits per heavy atom. The summed E-state index contributed by atoms with van der Waals surface area (Å²) in [7, 11) is 0. The molecule has 2 aromatic rings. The van der Waals surface area contributed by atoms with Gasteiger partial charge >= 0.3 is 23.9 Å². The zero-order valence-corrected chi connectivity index (χ0v) is 30.6. The number of benzene rings is 2. The molecule has 11 nitrogen and oxygen atoms in total. The first-order valence-corrected chi connectivity index (χ1v) is 17.1. The van der Waals surface area contributed by atoms with Crippen molar-refractivity contribution in [3.05, 3.63) is 103 Å². The van der Waals surface area contributed by atoms with Crippen molar-refractivity contribution in [2.45, 2.75) is 84.9 Å². The molecule has 0 amide bonds. The second kappa shape index (κ2) is 15.9. The van der Waals surface area contributed by atoms with Gasteiger partial charge in [0.2, 0.25) is 6.10 Å². The third kappa shape index (κ3) is 8.41. The van der Waals surface area contributed by atoms with Gasteiger partial charge in [-0.3, -0.25) is 24.0 Å². The minimum absolute atomic E-state index is 0.0703. The Bertz CT molecular complexity index is 1760. The van der Waals surface area contributed by atoms with Crippen molar-refractivity contribution >= 4 is 41.2 Å². The van der Waals surface area contributed by atoms with Gasteiger partial charge < -0.3 is 23.7 Å². The molecule has 1 fully saturated rings. The Balaban J connectivity index is 2.09. The minimum Gasteiger partial charge on any atom is -0.485 e. The number of rotatable bonds is 8. The van der Waals surface area contributed by atoms with Crippen LogP contribution in [0.25, 0.3) is 5.76 Å². The predicted molar refractivity (Wildman–Crippen MR) is 190 cm³/mol. The lowest BCUT2D eigenvalue weighted by molar-refractivity contribution is -0.181. The zero-order valence-electron chi connectivity index (χ0n) is 30.6. The Hall–Kier alpha value is -5.32. The van der Waals surface area contributed by atoms with E-state index in [2.05, 4.69) is 13.2 Å². The maximum Gasteiger partial charge on any atom is 0.338 e. The maximum absolute atomic E-state index is 14.8. The highest BCUT2D eigenvalue weighted by atomic mass is 16.6. The molecular formula is C41H46O11. The molecule has 11 heteroatoms. The van der Waals surface area contributed by atoms with E-state index in [0.717, 1.165) is 13.8 Å². The van der Waals surface area contributed by atoms with Crippen molar-refractivity contribution in [3.63, 3.8) is 0 Å². The highest BCUT2D eigenvalue weighted by Crippen LogP contribution is 2.51. The number of Topliss-reactive ketones (excluding diaryl/α,β-unsaturated/α-hetero) is 2. The van der Waals surface area contributed by atoms with Gasteiger partial charge in [0, 0.05) is 49.7 Å². The summed E-state index contributed by atoms with van der Waals surface area (Å²) in [6.07, 6.45) is -3.22. The number of hydrogen-bond acceptors (Lipinski definition) is 11. The van der Waals surface area contributed by atoms with Gasteiger partial charge in [-0.25, -0.2) is 4.79 Å². The molecule has 0 spiro atoms. The second-order valence-electron chi connectivity index (χ2n) is 14.0. The number of fused-ring (bicyclic) bond motifs is 1. The van der Waals surface area contributed by atoms with Crippen LogP contribution in [0.5, 0.6) is 0 Å².